The van der Waals surface area contributed by atoms with Crippen LogP contribution in [0.4, 0.5) is 8.78 Å². The van der Waals surface area contributed by atoms with Gasteiger partial charge in [0.1, 0.15) is 0 Å². The Morgan fingerprint density at radius 2 is 0.753 bits per heavy atom. The van der Waals surface area contributed by atoms with Gasteiger partial charge >= 0.3 is 20.1 Å². The molecule has 9 aromatic carbocycles. The van der Waals surface area contributed by atoms with E-state index >= 15 is 8.78 Å². The van der Waals surface area contributed by atoms with Crippen LogP contribution in [0.3, 0.4) is 0 Å². The van der Waals surface area contributed by atoms with Crippen molar-refractivity contribution < 1.29 is 28.9 Å². The number of benzene rings is 9. The Morgan fingerprint density at radius 3 is 1.23 bits per heavy atom. The molecule has 0 aliphatic carbocycles. The number of rotatable bonds is 11. The van der Waals surface area contributed by atoms with Crippen molar-refractivity contribution in [3.05, 3.63) is 273 Å². The molecule has 3 aromatic heterocycles. The number of para-hydroxylation sites is 2. The molecule has 0 aliphatic rings. The Kier molecular flexibility index (Phi) is 13.0. The summed E-state index contributed by atoms with van der Waals surface area (Å²) in [6.07, 6.45) is 5.32. The predicted octanol–water partition coefficient (Wildman–Crippen LogP) is 16.1. The van der Waals surface area contributed by atoms with Gasteiger partial charge in [0.25, 0.3) is 0 Å². The first-order valence-corrected chi connectivity index (χ1v) is 23.5. The largest absolute Gasteiger partial charge is 3.00 e. The zero-order chi connectivity index (χ0) is 48.4. The van der Waals surface area contributed by atoms with Crippen LogP contribution in [0.1, 0.15) is 0 Å². The van der Waals surface area contributed by atoms with Crippen molar-refractivity contribution in [1.29, 1.82) is 0 Å². The molecule has 0 aliphatic heterocycles. The summed E-state index contributed by atoms with van der Waals surface area (Å²) in [5.41, 5.74) is 16.5. The molecule has 0 fully saturated rings. The molecule has 0 saturated heterocycles. The molecule has 0 N–H and O–H groups in total. The topological polar surface area (TPSA) is 48.5 Å². The Hall–Kier alpha value is -8.94. The molecule has 3 heterocycles. The van der Waals surface area contributed by atoms with Gasteiger partial charge in [-0.05, 0) is 108 Å². The predicted molar refractivity (Wildman–Crippen MR) is 284 cm³/mol. The molecule has 0 saturated carbocycles. The first-order valence-electron chi connectivity index (χ1n) is 23.5. The minimum absolute atomic E-state index is 0. The second kappa shape index (κ2) is 20.4. The van der Waals surface area contributed by atoms with Gasteiger partial charge in [-0.3, -0.25) is 9.36 Å². The second-order valence-electron chi connectivity index (χ2n) is 17.4. The van der Waals surface area contributed by atoms with E-state index in [1.165, 1.54) is 20.5 Å². The van der Waals surface area contributed by atoms with Crippen LogP contribution in [0.2, 0.25) is 0 Å². The second-order valence-corrected chi connectivity index (χ2v) is 17.4. The van der Waals surface area contributed by atoms with Crippen molar-refractivity contribution in [2.24, 2.45) is 0 Å². The van der Waals surface area contributed by atoms with E-state index in [0.29, 0.717) is 33.6 Å². The summed E-state index contributed by atoms with van der Waals surface area (Å²) >= 11 is 0. The number of pyridine rings is 1. The minimum atomic E-state index is -0.604. The van der Waals surface area contributed by atoms with Gasteiger partial charge in [-0.15, -0.1) is 57.7 Å². The van der Waals surface area contributed by atoms with Crippen LogP contribution in [-0.2, 0) is 20.1 Å². The molecule has 73 heavy (non-hydrogen) atoms. The molecule has 0 unspecified atom stereocenters. The molecule has 8 heteroatoms. The Balaban J connectivity index is 0.00000574. The van der Waals surface area contributed by atoms with Gasteiger partial charge in [0.2, 0.25) is 11.9 Å². The summed E-state index contributed by atoms with van der Waals surface area (Å²) in [4.78, 5) is 5.01. The van der Waals surface area contributed by atoms with Crippen molar-refractivity contribution in [2.45, 2.75) is 0 Å². The van der Waals surface area contributed by atoms with Crippen LogP contribution in [0.15, 0.2) is 243 Å². The Bertz CT molecular complexity index is 3730. The third-order valence-corrected chi connectivity index (χ3v) is 12.9. The fourth-order valence-corrected chi connectivity index (χ4v) is 9.38. The minimum Gasteiger partial charge on any atom is -0.304 e. The summed E-state index contributed by atoms with van der Waals surface area (Å²) in [6.45, 7) is 0. The number of hydrogen-bond acceptors (Lipinski definition) is 3. The number of nitrogens with zero attached hydrogens (tertiary/aromatic N) is 5. The summed E-state index contributed by atoms with van der Waals surface area (Å²) in [5, 5.41) is 8.53. The van der Waals surface area contributed by atoms with Crippen LogP contribution in [0, 0.1) is 30.1 Å². The van der Waals surface area contributed by atoms with Crippen molar-refractivity contribution in [3.8, 4) is 112 Å². The van der Waals surface area contributed by atoms with Gasteiger partial charge < -0.3 is 4.98 Å². The maximum absolute atomic E-state index is 16.1. The molecule has 12 rings (SSSR count). The normalized spacial score (nSPS) is 11.0. The third kappa shape index (κ3) is 9.41. The molecule has 0 amide bonds. The SMILES string of the molecule is Fc1nn(-c2[c-]cccc2)cc1-c1ccccc1-c1cc(-c2ccccc2-c2ccc(-c3[c-]ccc(-c4ccc(-c5ccccc5)cc4)c3)nc2)cc(-c2ccccc2-c2cn(-c3[c-]cccc3)nc2F)c1.[Ir+3]. The average molecular weight is 1120 g/mol. The molecular formula is C65H40F2IrN5. The molecule has 348 valence electrons. The van der Waals surface area contributed by atoms with Crippen molar-refractivity contribution in [3.63, 3.8) is 0 Å². The zero-order valence-corrected chi connectivity index (χ0v) is 41.3. The van der Waals surface area contributed by atoms with Crippen molar-refractivity contribution in [2.75, 3.05) is 0 Å². The fourth-order valence-electron chi connectivity index (χ4n) is 9.38. The molecule has 0 bridgehead atoms. The third-order valence-electron chi connectivity index (χ3n) is 12.9. The molecule has 12 aromatic rings. The van der Waals surface area contributed by atoms with E-state index in [0.717, 1.165) is 66.9 Å². The smallest absolute Gasteiger partial charge is 0.304 e. The molecule has 0 spiro atoms. The zero-order valence-electron chi connectivity index (χ0n) is 38.9. The Morgan fingerprint density at radius 1 is 0.329 bits per heavy atom. The van der Waals surface area contributed by atoms with Crippen LogP contribution >= 0.6 is 0 Å². The summed E-state index contributed by atoms with van der Waals surface area (Å²) in [6, 6.07) is 83.8. The van der Waals surface area contributed by atoms with Crippen LogP contribution in [0.5, 0.6) is 0 Å². The van der Waals surface area contributed by atoms with E-state index in [9.17, 15) is 0 Å². The average Bonchev–Trinajstić information content (AvgIpc) is 4.05. The van der Waals surface area contributed by atoms with E-state index in [2.05, 4.69) is 125 Å². The molecular weight excluding hydrogens is 1080 g/mol. The summed E-state index contributed by atoms with van der Waals surface area (Å²) in [5.74, 6) is -1.21. The van der Waals surface area contributed by atoms with Gasteiger partial charge in [-0.25, -0.2) is 0 Å². The van der Waals surface area contributed by atoms with E-state index in [1.54, 1.807) is 24.5 Å². The molecule has 0 radical (unpaired) electrons. The first kappa shape index (κ1) is 46.4. The number of halogens is 2. The van der Waals surface area contributed by atoms with Crippen LogP contribution in [-0.4, -0.2) is 24.5 Å². The van der Waals surface area contributed by atoms with E-state index in [-0.39, 0.29) is 20.1 Å². The van der Waals surface area contributed by atoms with Crippen LogP contribution in [0.25, 0.3) is 112 Å². The molecule has 5 nitrogen and oxygen atoms in total. The van der Waals surface area contributed by atoms with Gasteiger partial charge in [-0.2, -0.15) is 57.3 Å². The van der Waals surface area contributed by atoms with Gasteiger partial charge in [-0.1, -0.05) is 140 Å². The maximum Gasteiger partial charge on any atom is 3.00 e. The monoisotopic (exact) mass is 1120 g/mol. The number of aromatic nitrogens is 5. The van der Waals surface area contributed by atoms with Crippen LogP contribution < -0.4 is 0 Å². The maximum atomic E-state index is 16.1. The quantitative estimate of drug-likeness (QED) is 0.121. The van der Waals surface area contributed by atoms with Gasteiger partial charge in [0, 0.05) is 18.6 Å². The van der Waals surface area contributed by atoms with Crippen molar-refractivity contribution in [1.82, 2.24) is 24.5 Å². The Labute approximate surface area is 435 Å². The standard InChI is InChI=1S/C65H40F2N5.Ir/c66-64-61(42-71(69-64)53-21-6-2-7-22-53)59-29-14-12-27-57(59)51-38-50(39-52(40-51)58-28-13-15-30-60(58)62-43-72(70-65(62)67)54-23-8-3-9-24-54)56-26-11-10-25-55(56)49-35-36-63(68-41-49)48-20-16-19-47(37-48)46-33-31-45(32-34-46)44-17-4-1-5-18-44;/h1-19,21,23,25-43H;/q-3;+3. The number of hydrogen-bond donors (Lipinski definition) is 0. The molecule has 0 atom stereocenters. The van der Waals surface area contributed by atoms with E-state index in [4.69, 9.17) is 4.98 Å². The summed E-state index contributed by atoms with van der Waals surface area (Å²) in [7, 11) is 0. The fraction of sp³-hybridized carbons (Fsp3) is 0. The van der Waals surface area contributed by atoms with Crippen molar-refractivity contribution >= 4 is 0 Å². The van der Waals surface area contributed by atoms with Gasteiger partial charge in [0.15, 0.2) is 0 Å². The summed E-state index contributed by atoms with van der Waals surface area (Å²) < 4.78 is 35.2. The van der Waals surface area contributed by atoms with E-state index in [1.807, 2.05) is 121 Å². The van der Waals surface area contributed by atoms with E-state index < -0.39 is 11.9 Å². The first-order chi connectivity index (χ1) is 35.5. The van der Waals surface area contributed by atoms with Gasteiger partial charge in [0.05, 0.1) is 11.1 Å².